The fraction of sp³-hybridized carbons (Fsp3) is 0. The molecule has 0 aliphatic rings. The molecule has 3 heteroatoms. The maximum Gasteiger partial charge on any atom is 0.0645 e. The van der Waals surface area contributed by atoms with Crippen molar-refractivity contribution < 1.29 is 0 Å². The van der Waals surface area contributed by atoms with Gasteiger partial charge in [-0.05, 0) is 45.8 Å². The molecule has 116 valence electrons. The van der Waals surface area contributed by atoms with Crippen LogP contribution >= 0.6 is 23.2 Å². The van der Waals surface area contributed by atoms with Gasteiger partial charge in [-0.3, -0.25) is 4.99 Å². The zero-order chi connectivity index (χ0) is 16.5. The fourth-order valence-electron chi connectivity index (χ4n) is 2.89. The van der Waals surface area contributed by atoms with Crippen LogP contribution in [-0.4, -0.2) is 6.21 Å². The molecule has 0 aromatic heterocycles. The Hall–Kier alpha value is -2.35. The van der Waals surface area contributed by atoms with E-state index in [1.807, 2.05) is 24.4 Å². The predicted octanol–water partition coefficient (Wildman–Crippen LogP) is 7.05. The summed E-state index contributed by atoms with van der Waals surface area (Å²) < 4.78 is 0. The summed E-state index contributed by atoms with van der Waals surface area (Å²) in [4.78, 5) is 4.61. The number of halogens is 2. The average molecular weight is 350 g/mol. The highest BCUT2D eigenvalue weighted by Crippen LogP contribution is 2.29. The van der Waals surface area contributed by atoms with E-state index in [2.05, 4.69) is 47.5 Å². The number of rotatable bonds is 2. The topological polar surface area (TPSA) is 12.4 Å². The molecule has 0 N–H and O–H groups in total. The van der Waals surface area contributed by atoms with Crippen LogP contribution in [0.4, 0.5) is 5.69 Å². The Bertz CT molecular complexity index is 1030. The molecule has 1 nitrogen and oxygen atoms in total. The molecule has 0 radical (unpaired) electrons. The Labute approximate surface area is 150 Å². The first-order valence-electron chi connectivity index (χ1n) is 7.62. The predicted molar refractivity (Wildman–Crippen MR) is 105 cm³/mol. The molecule has 0 spiro atoms. The van der Waals surface area contributed by atoms with Crippen molar-refractivity contribution in [2.45, 2.75) is 0 Å². The zero-order valence-electron chi connectivity index (χ0n) is 12.7. The lowest BCUT2D eigenvalue weighted by molar-refractivity contribution is 1.53. The lowest BCUT2D eigenvalue weighted by Crippen LogP contribution is -1.88. The Morgan fingerprint density at radius 3 is 1.92 bits per heavy atom. The molecule has 0 heterocycles. The Morgan fingerprint density at radius 1 is 0.667 bits per heavy atom. The standard InChI is InChI=1S/C21H13Cl2N/c22-20-10-9-16(12-21(20)23)24-13-19-17-7-3-1-5-14(17)11-15-6-2-4-8-18(15)19/h1-13H. The summed E-state index contributed by atoms with van der Waals surface area (Å²) >= 11 is 12.1. The third kappa shape index (κ3) is 2.77. The third-order valence-electron chi connectivity index (χ3n) is 4.06. The van der Waals surface area contributed by atoms with E-state index in [0.29, 0.717) is 10.0 Å². The highest BCUT2D eigenvalue weighted by atomic mass is 35.5. The van der Waals surface area contributed by atoms with Gasteiger partial charge in [0.25, 0.3) is 0 Å². The lowest BCUT2D eigenvalue weighted by Gasteiger charge is -2.08. The van der Waals surface area contributed by atoms with E-state index in [0.717, 1.165) is 11.3 Å². The van der Waals surface area contributed by atoms with Crippen molar-refractivity contribution >= 4 is 56.6 Å². The Morgan fingerprint density at radius 2 is 1.29 bits per heavy atom. The monoisotopic (exact) mass is 349 g/mol. The first kappa shape index (κ1) is 15.2. The summed E-state index contributed by atoms with van der Waals surface area (Å²) in [5, 5.41) is 5.80. The SMILES string of the molecule is Clc1ccc(N=Cc2c3ccccc3cc3ccccc23)cc1Cl. The number of benzene rings is 4. The van der Waals surface area contributed by atoms with E-state index in [4.69, 9.17) is 23.2 Å². The van der Waals surface area contributed by atoms with Crippen LogP contribution in [0.25, 0.3) is 21.5 Å². The molecule has 4 aromatic carbocycles. The van der Waals surface area contributed by atoms with Crippen LogP contribution in [0.15, 0.2) is 77.8 Å². The van der Waals surface area contributed by atoms with Crippen LogP contribution in [0.2, 0.25) is 10.0 Å². The van der Waals surface area contributed by atoms with Crippen molar-refractivity contribution in [1.82, 2.24) is 0 Å². The molecule has 0 aliphatic heterocycles. The second kappa shape index (κ2) is 6.27. The van der Waals surface area contributed by atoms with Crippen molar-refractivity contribution in [3.05, 3.63) is 88.4 Å². The molecule has 4 rings (SSSR count). The van der Waals surface area contributed by atoms with Crippen LogP contribution < -0.4 is 0 Å². The molecule has 0 amide bonds. The molecular weight excluding hydrogens is 337 g/mol. The van der Waals surface area contributed by atoms with Crippen LogP contribution in [0.1, 0.15) is 5.56 Å². The number of fused-ring (bicyclic) bond motifs is 2. The van der Waals surface area contributed by atoms with Crippen LogP contribution in [-0.2, 0) is 0 Å². The normalized spacial score (nSPS) is 11.6. The summed E-state index contributed by atoms with van der Waals surface area (Å²) in [6, 6.07) is 24.3. The Kier molecular flexibility index (Phi) is 3.97. The fourth-order valence-corrected chi connectivity index (χ4v) is 3.18. The molecule has 0 saturated heterocycles. The minimum Gasteiger partial charge on any atom is -0.256 e. The third-order valence-corrected chi connectivity index (χ3v) is 4.80. The van der Waals surface area contributed by atoms with E-state index < -0.39 is 0 Å². The number of nitrogens with zero attached hydrogens (tertiary/aromatic N) is 1. The highest BCUT2D eigenvalue weighted by molar-refractivity contribution is 6.42. The van der Waals surface area contributed by atoms with Crippen LogP contribution in [0.5, 0.6) is 0 Å². The van der Waals surface area contributed by atoms with Gasteiger partial charge in [0.1, 0.15) is 0 Å². The second-order valence-corrected chi connectivity index (χ2v) is 6.40. The molecule has 0 atom stereocenters. The van der Waals surface area contributed by atoms with Crippen molar-refractivity contribution in [3.8, 4) is 0 Å². The van der Waals surface area contributed by atoms with Gasteiger partial charge in [-0.2, -0.15) is 0 Å². The maximum atomic E-state index is 6.08. The second-order valence-electron chi connectivity index (χ2n) is 5.59. The lowest BCUT2D eigenvalue weighted by atomic mass is 9.97. The number of aliphatic imine (C=N–C) groups is 1. The molecule has 0 unspecified atom stereocenters. The van der Waals surface area contributed by atoms with Gasteiger partial charge in [-0.1, -0.05) is 71.7 Å². The summed E-state index contributed by atoms with van der Waals surface area (Å²) in [6.07, 6.45) is 1.91. The minimum atomic E-state index is 0.508. The molecular formula is C21H13Cl2N. The van der Waals surface area contributed by atoms with E-state index in [-0.39, 0.29) is 0 Å². The van der Waals surface area contributed by atoms with E-state index >= 15 is 0 Å². The van der Waals surface area contributed by atoms with Crippen LogP contribution in [0, 0.1) is 0 Å². The van der Waals surface area contributed by atoms with Crippen molar-refractivity contribution in [2.75, 3.05) is 0 Å². The van der Waals surface area contributed by atoms with E-state index in [9.17, 15) is 0 Å². The zero-order valence-corrected chi connectivity index (χ0v) is 14.2. The van der Waals surface area contributed by atoms with Crippen molar-refractivity contribution in [3.63, 3.8) is 0 Å². The summed E-state index contributed by atoms with van der Waals surface area (Å²) in [5.41, 5.74) is 1.89. The summed E-state index contributed by atoms with van der Waals surface area (Å²) in [5.74, 6) is 0. The molecule has 0 aliphatic carbocycles. The Balaban J connectivity index is 1.93. The summed E-state index contributed by atoms with van der Waals surface area (Å²) in [7, 11) is 0. The van der Waals surface area contributed by atoms with Crippen molar-refractivity contribution in [1.29, 1.82) is 0 Å². The molecule has 0 bridgehead atoms. The minimum absolute atomic E-state index is 0.508. The van der Waals surface area contributed by atoms with Crippen LogP contribution in [0.3, 0.4) is 0 Å². The summed E-state index contributed by atoms with van der Waals surface area (Å²) in [6.45, 7) is 0. The van der Waals surface area contributed by atoms with Gasteiger partial charge in [0.05, 0.1) is 15.7 Å². The molecule has 0 fully saturated rings. The first-order chi connectivity index (χ1) is 11.7. The van der Waals surface area contributed by atoms with Gasteiger partial charge in [-0.15, -0.1) is 0 Å². The van der Waals surface area contributed by atoms with Gasteiger partial charge < -0.3 is 0 Å². The largest absolute Gasteiger partial charge is 0.256 e. The maximum absolute atomic E-state index is 6.08. The highest BCUT2D eigenvalue weighted by Gasteiger charge is 2.05. The molecule has 24 heavy (non-hydrogen) atoms. The van der Waals surface area contributed by atoms with E-state index in [1.54, 1.807) is 12.1 Å². The van der Waals surface area contributed by atoms with Gasteiger partial charge in [0, 0.05) is 11.8 Å². The smallest absolute Gasteiger partial charge is 0.0645 e. The van der Waals surface area contributed by atoms with Crippen molar-refractivity contribution in [2.24, 2.45) is 4.99 Å². The van der Waals surface area contributed by atoms with Gasteiger partial charge in [0.15, 0.2) is 0 Å². The molecule has 0 saturated carbocycles. The number of hydrogen-bond donors (Lipinski definition) is 0. The molecule has 4 aromatic rings. The number of hydrogen-bond acceptors (Lipinski definition) is 1. The van der Waals surface area contributed by atoms with Gasteiger partial charge >= 0.3 is 0 Å². The average Bonchev–Trinajstić information content (AvgIpc) is 2.61. The first-order valence-corrected chi connectivity index (χ1v) is 8.37. The quantitative estimate of drug-likeness (QED) is 0.271. The van der Waals surface area contributed by atoms with Gasteiger partial charge in [0.2, 0.25) is 0 Å². The van der Waals surface area contributed by atoms with E-state index in [1.165, 1.54) is 21.5 Å². The van der Waals surface area contributed by atoms with Gasteiger partial charge in [-0.25, -0.2) is 0 Å².